The van der Waals surface area contributed by atoms with Crippen molar-refractivity contribution in [2.75, 3.05) is 6.54 Å². The van der Waals surface area contributed by atoms with E-state index in [0.717, 1.165) is 43.2 Å². The monoisotopic (exact) mass is 704 g/mol. The summed E-state index contributed by atoms with van der Waals surface area (Å²) < 4.78 is 31.7. The van der Waals surface area contributed by atoms with Crippen LogP contribution in [0, 0.1) is 11.3 Å². The molecule has 1 unspecified atom stereocenters. The van der Waals surface area contributed by atoms with Gasteiger partial charge in [-0.25, -0.2) is 4.79 Å². The molecule has 0 radical (unpaired) electrons. The number of alkyl halides is 3. The normalized spacial score (nSPS) is 15.5. The zero-order chi connectivity index (χ0) is 37.5. The summed E-state index contributed by atoms with van der Waals surface area (Å²) in [5, 5.41) is 20.7. The number of carbonyl (C=O) groups is 4. The number of amidine groups is 1. The molecule has 50 heavy (non-hydrogen) atoms. The maximum Gasteiger partial charge on any atom is 0.490 e. The van der Waals surface area contributed by atoms with Crippen molar-refractivity contribution in [1.29, 1.82) is 5.41 Å². The van der Waals surface area contributed by atoms with Gasteiger partial charge in [0.25, 0.3) is 0 Å². The number of nitrogen functional groups attached to an aromatic ring is 1. The van der Waals surface area contributed by atoms with Gasteiger partial charge in [0.15, 0.2) is 5.96 Å². The van der Waals surface area contributed by atoms with E-state index in [4.69, 9.17) is 38.2 Å². The Balaban J connectivity index is 0.00000112. The standard InChI is InChI=1S/C32H46N8O3.C2HF3O2/c1-32(24-11-6-3-7-12-24,20-22-14-16-23(17-15-22)27(33)34)30(43)40-26(19-21-9-4-2-5-10-21)29(42)39-25(28(35)41)13-8-18-38-31(36)37;3-2(4,5)1(6)7/h3,6-7,11-12,14-17,21,25-26H,2,4-5,8-10,13,18-20H2,1H3,(H3,33,34)(H2,35,41)(H,39,42)(H,40,43)(H4,36,37,38);(H,6,7)/t25-,26-,32?;/m0./s1. The van der Waals surface area contributed by atoms with Gasteiger partial charge in [0, 0.05) is 12.1 Å². The molecule has 0 aromatic heterocycles. The molecular formula is C34H47F3N8O5. The van der Waals surface area contributed by atoms with Crippen LogP contribution in [-0.2, 0) is 31.0 Å². The number of carbonyl (C=O) groups excluding carboxylic acids is 3. The van der Waals surface area contributed by atoms with Crippen molar-refractivity contribution in [2.45, 2.75) is 88.4 Å². The zero-order valence-corrected chi connectivity index (χ0v) is 28.0. The summed E-state index contributed by atoms with van der Waals surface area (Å²) >= 11 is 0. The van der Waals surface area contributed by atoms with Crippen LogP contribution in [0.25, 0.3) is 0 Å². The smallest absolute Gasteiger partial charge is 0.475 e. The summed E-state index contributed by atoms with van der Waals surface area (Å²) in [4.78, 5) is 53.0. The molecule has 1 aliphatic rings. The van der Waals surface area contributed by atoms with Crippen LogP contribution in [0.15, 0.2) is 59.6 Å². The van der Waals surface area contributed by atoms with Gasteiger partial charge in [-0.15, -0.1) is 0 Å². The van der Waals surface area contributed by atoms with E-state index in [-0.39, 0.29) is 30.0 Å². The lowest BCUT2D eigenvalue weighted by Crippen LogP contribution is -2.56. The van der Waals surface area contributed by atoms with E-state index in [0.29, 0.717) is 31.4 Å². The topological polar surface area (TPSA) is 253 Å². The molecule has 3 amide bonds. The van der Waals surface area contributed by atoms with Crippen LogP contribution in [0.1, 0.15) is 75.0 Å². The third kappa shape index (κ3) is 13.4. The zero-order valence-electron chi connectivity index (χ0n) is 28.0. The second kappa shape index (κ2) is 19.1. The van der Waals surface area contributed by atoms with E-state index < -0.39 is 41.5 Å². The molecule has 2 aromatic rings. The maximum absolute atomic E-state index is 14.2. The van der Waals surface area contributed by atoms with Gasteiger partial charge in [-0.05, 0) is 49.7 Å². The minimum absolute atomic E-state index is 0.0304. The third-order valence-corrected chi connectivity index (χ3v) is 8.50. The molecule has 0 aliphatic heterocycles. The Morgan fingerprint density at radius 1 is 0.920 bits per heavy atom. The molecule has 0 spiro atoms. The summed E-state index contributed by atoms with van der Waals surface area (Å²) in [5.74, 6) is -3.96. The number of halogens is 3. The number of nitrogens with two attached hydrogens (primary N) is 4. The summed E-state index contributed by atoms with van der Waals surface area (Å²) in [6.07, 6.45) is 1.74. The SMILES string of the molecule is CC(Cc1ccc(C(=N)N)cc1)(C(=O)N[C@@H](CC1CCCCC1)C(=O)N[C@@H](CCCN=C(N)N)C(N)=O)c1ccccc1.O=C(O)C(F)(F)F. The Bertz CT molecular complexity index is 1480. The third-order valence-electron chi connectivity index (χ3n) is 8.50. The van der Waals surface area contributed by atoms with Gasteiger partial charge in [0.05, 0.1) is 5.41 Å². The van der Waals surface area contributed by atoms with Gasteiger partial charge in [-0.2, -0.15) is 13.2 Å². The maximum atomic E-state index is 14.2. The predicted molar refractivity (Wildman–Crippen MR) is 183 cm³/mol. The molecule has 16 heteroatoms. The molecule has 0 saturated heterocycles. The Morgan fingerprint density at radius 3 is 2.00 bits per heavy atom. The number of nitrogens with zero attached hydrogens (tertiary/aromatic N) is 1. The van der Waals surface area contributed by atoms with Crippen LogP contribution >= 0.6 is 0 Å². The van der Waals surface area contributed by atoms with E-state index in [1.54, 1.807) is 12.1 Å². The fraction of sp³-hybridized carbons (Fsp3) is 0.471. The highest BCUT2D eigenvalue weighted by molar-refractivity contribution is 5.96. The van der Waals surface area contributed by atoms with Gasteiger partial charge >= 0.3 is 12.1 Å². The van der Waals surface area contributed by atoms with Gasteiger partial charge in [-0.1, -0.05) is 86.7 Å². The molecule has 2 aromatic carbocycles. The number of hydrogen-bond donors (Lipinski definition) is 8. The van der Waals surface area contributed by atoms with Gasteiger partial charge in [0.1, 0.15) is 17.9 Å². The van der Waals surface area contributed by atoms with E-state index in [1.807, 2.05) is 49.4 Å². The number of aliphatic carboxylic acids is 1. The van der Waals surface area contributed by atoms with E-state index >= 15 is 0 Å². The number of aliphatic imine (C=N–C) groups is 1. The molecule has 0 bridgehead atoms. The first-order chi connectivity index (χ1) is 23.4. The lowest BCUT2D eigenvalue weighted by molar-refractivity contribution is -0.192. The van der Waals surface area contributed by atoms with Gasteiger partial charge in [-0.3, -0.25) is 24.8 Å². The number of guanidine groups is 1. The van der Waals surface area contributed by atoms with Crippen molar-refractivity contribution < 1.29 is 37.5 Å². The number of carboxylic acid groups (broad SMARTS) is 1. The number of primary amides is 1. The van der Waals surface area contributed by atoms with Crippen LogP contribution < -0.4 is 33.6 Å². The molecule has 1 aliphatic carbocycles. The molecule has 3 atom stereocenters. The Hall–Kier alpha value is -5.15. The summed E-state index contributed by atoms with van der Waals surface area (Å²) in [5.41, 5.74) is 23.3. The fourth-order valence-electron chi connectivity index (χ4n) is 5.70. The number of benzene rings is 2. The number of carboxylic acids is 1. The number of hydrogen-bond acceptors (Lipinski definition) is 6. The molecule has 274 valence electrons. The van der Waals surface area contributed by atoms with Crippen LogP contribution in [0.5, 0.6) is 0 Å². The minimum Gasteiger partial charge on any atom is -0.475 e. The molecule has 12 N–H and O–H groups in total. The number of rotatable bonds is 15. The van der Waals surface area contributed by atoms with E-state index in [9.17, 15) is 27.6 Å². The second-order valence-corrected chi connectivity index (χ2v) is 12.5. The van der Waals surface area contributed by atoms with Crippen LogP contribution in [0.4, 0.5) is 13.2 Å². The Morgan fingerprint density at radius 2 is 1.50 bits per heavy atom. The molecule has 1 fully saturated rings. The summed E-state index contributed by atoms with van der Waals surface area (Å²) in [6.45, 7) is 2.16. The van der Waals surface area contributed by atoms with E-state index in [1.165, 1.54) is 0 Å². The lowest BCUT2D eigenvalue weighted by Gasteiger charge is -2.33. The fourth-order valence-corrected chi connectivity index (χ4v) is 5.70. The quantitative estimate of drug-likeness (QED) is 0.0775. The predicted octanol–water partition coefficient (Wildman–Crippen LogP) is 2.58. The molecule has 1 saturated carbocycles. The van der Waals surface area contributed by atoms with Crippen molar-refractivity contribution in [1.82, 2.24) is 10.6 Å². The average molecular weight is 705 g/mol. The first kappa shape index (κ1) is 41.0. The highest BCUT2D eigenvalue weighted by Gasteiger charge is 2.39. The van der Waals surface area contributed by atoms with Gasteiger partial charge in [0.2, 0.25) is 17.7 Å². The molecule has 0 heterocycles. The van der Waals surface area contributed by atoms with Crippen LogP contribution in [-0.4, -0.2) is 65.4 Å². The first-order valence-electron chi connectivity index (χ1n) is 16.2. The highest BCUT2D eigenvalue weighted by Crippen LogP contribution is 2.31. The number of amides is 3. The second-order valence-electron chi connectivity index (χ2n) is 12.5. The average Bonchev–Trinajstić information content (AvgIpc) is 3.06. The summed E-state index contributed by atoms with van der Waals surface area (Å²) in [7, 11) is 0. The molecular weight excluding hydrogens is 657 g/mol. The van der Waals surface area contributed by atoms with Crippen molar-refractivity contribution in [3.8, 4) is 0 Å². The number of nitrogens with one attached hydrogen (secondary N) is 3. The van der Waals surface area contributed by atoms with Crippen molar-refractivity contribution in [3.05, 3.63) is 71.3 Å². The molecule has 3 rings (SSSR count). The Labute approximate surface area is 288 Å². The molecule has 13 nitrogen and oxygen atoms in total. The van der Waals surface area contributed by atoms with Gasteiger partial charge < -0.3 is 38.7 Å². The minimum atomic E-state index is -5.08. The van der Waals surface area contributed by atoms with Crippen LogP contribution in [0.2, 0.25) is 0 Å². The summed E-state index contributed by atoms with van der Waals surface area (Å²) in [6, 6.07) is 14.9. The first-order valence-corrected chi connectivity index (χ1v) is 16.2. The van der Waals surface area contributed by atoms with Crippen molar-refractivity contribution in [2.24, 2.45) is 33.8 Å². The van der Waals surface area contributed by atoms with Crippen LogP contribution in [0.3, 0.4) is 0 Å². The Kier molecular flexibility index (Phi) is 15.7. The lowest BCUT2D eigenvalue weighted by atomic mass is 9.76. The van der Waals surface area contributed by atoms with E-state index in [2.05, 4.69) is 15.6 Å². The highest BCUT2D eigenvalue weighted by atomic mass is 19.4. The van der Waals surface area contributed by atoms with Crippen molar-refractivity contribution in [3.63, 3.8) is 0 Å². The largest absolute Gasteiger partial charge is 0.490 e. The van der Waals surface area contributed by atoms with Crippen molar-refractivity contribution >= 4 is 35.5 Å².